The first-order valence-corrected chi connectivity index (χ1v) is 14.4. The number of carbonyl (C=O) groups is 2. The van der Waals surface area contributed by atoms with E-state index in [-0.39, 0.29) is 23.7 Å². The third-order valence-electron chi connectivity index (χ3n) is 5.64. The highest BCUT2D eigenvalue weighted by molar-refractivity contribution is 8.06. The number of carbonyl (C=O) groups excluding carboxylic acids is 2. The van der Waals surface area contributed by atoms with Crippen molar-refractivity contribution in [2.75, 3.05) is 13.1 Å². The van der Waals surface area contributed by atoms with Crippen molar-refractivity contribution < 1.29 is 23.1 Å². The van der Waals surface area contributed by atoms with Gasteiger partial charge in [-0.25, -0.2) is 8.78 Å². The van der Waals surface area contributed by atoms with Crippen LogP contribution in [0.15, 0.2) is 83.1 Å². The zero-order valence-corrected chi connectivity index (χ0v) is 25.5. The number of hydrogen-bond donors (Lipinski definition) is 0. The molecule has 0 aromatic heterocycles. The normalized spacial score (nSPS) is 12.9. The Morgan fingerprint density at radius 3 is 2.20 bits per heavy atom. The van der Waals surface area contributed by atoms with Gasteiger partial charge in [-0.05, 0) is 81.0 Å². The topological polar surface area (TPSA) is 46.6 Å². The molecule has 41 heavy (non-hydrogen) atoms. The van der Waals surface area contributed by atoms with Crippen LogP contribution in [-0.4, -0.2) is 35.5 Å². The molecule has 0 saturated heterocycles. The molecule has 0 aliphatic carbocycles. The van der Waals surface area contributed by atoms with Crippen molar-refractivity contribution >= 4 is 52.4 Å². The first-order valence-electron chi connectivity index (χ1n) is 12.8. The lowest BCUT2D eigenvalue weighted by molar-refractivity contribution is -0.155. The largest absolute Gasteiger partial charge is 0.459 e. The fourth-order valence-electron chi connectivity index (χ4n) is 3.89. The van der Waals surface area contributed by atoms with Crippen LogP contribution in [0.4, 0.5) is 8.78 Å². The summed E-state index contributed by atoms with van der Waals surface area (Å²) in [5.41, 5.74) is 1.79. The monoisotopic (exact) mass is 617 g/mol. The second-order valence-corrected chi connectivity index (χ2v) is 12.1. The molecule has 1 heterocycles. The molecule has 0 fully saturated rings. The summed E-state index contributed by atoms with van der Waals surface area (Å²) >= 11 is 13.5. The molecule has 4 nitrogen and oxygen atoms in total. The van der Waals surface area contributed by atoms with Crippen LogP contribution in [0.2, 0.25) is 10.0 Å². The molecule has 0 unspecified atom stereocenters. The van der Waals surface area contributed by atoms with E-state index in [2.05, 4.69) is 19.1 Å². The van der Waals surface area contributed by atoms with Crippen LogP contribution in [0.1, 0.15) is 48.7 Å². The summed E-state index contributed by atoms with van der Waals surface area (Å²) in [6, 6.07) is 18.0. The lowest BCUT2D eigenvalue weighted by atomic mass is 10.0. The number of esters is 1. The van der Waals surface area contributed by atoms with E-state index in [9.17, 15) is 18.4 Å². The predicted molar refractivity (Wildman–Crippen MR) is 164 cm³/mol. The van der Waals surface area contributed by atoms with Gasteiger partial charge >= 0.3 is 5.97 Å². The third-order valence-corrected chi connectivity index (χ3v) is 7.18. The van der Waals surface area contributed by atoms with Crippen molar-refractivity contribution in [3.8, 4) is 0 Å². The maximum atomic E-state index is 13.9. The molecule has 1 amide bonds. The van der Waals surface area contributed by atoms with E-state index in [0.717, 1.165) is 6.07 Å². The highest BCUT2D eigenvalue weighted by Crippen LogP contribution is 2.36. The van der Waals surface area contributed by atoms with Gasteiger partial charge in [0.1, 0.15) is 23.8 Å². The van der Waals surface area contributed by atoms with Crippen molar-refractivity contribution in [3.05, 3.63) is 121 Å². The summed E-state index contributed by atoms with van der Waals surface area (Å²) in [6.45, 7) is 6.95. The fraction of sp³-hybridized carbons (Fsp3) is 0.250. The van der Waals surface area contributed by atoms with Crippen molar-refractivity contribution in [1.29, 1.82) is 0 Å². The van der Waals surface area contributed by atoms with Crippen molar-refractivity contribution in [3.63, 3.8) is 0 Å². The Morgan fingerprint density at radius 1 is 0.976 bits per heavy atom. The molecule has 3 aromatic rings. The molecule has 9 heteroatoms. The first kappa shape index (κ1) is 32.4. The molecule has 0 spiro atoms. The van der Waals surface area contributed by atoms with Gasteiger partial charge in [-0.2, -0.15) is 0 Å². The van der Waals surface area contributed by atoms with E-state index in [0.29, 0.717) is 27.5 Å². The van der Waals surface area contributed by atoms with Crippen LogP contribution in [0.3, 0.4) is 0 Å². The smallest absolute Gasteiger partial charge is 0.326 e. The Kier molecular flexibility index (Phi) is 11.6. The molecular weight excluding hydrogens is 587 g/mol. The molecule has 3 aromatic carbocycles. The summed E-state index contributed by atoms with van der Waals surface area (Å²) < 4.78 is 33.2. The molecule has 0 radical (unpaired) electrons. The lowest BCUT2D eigenvalue weighted by Crippen LogP contribution is -2.40. The molecule has 216 valence electrons. The Morgan fingerprint density at radius 2 is 1.63 bits per heavy atom. The number of thioether (sulfide) groups is 1. The van der Waals surface area contributed by atoms with E-state index in [1.807, 2.05) is 29.7 Å². The van der Waals surface area contributed by atoms with E-state index in [1.54, 1.807) is 20.8 Å². The molecule has 0 bridgehead atoms. The molecular formula is C32H31Cl2F2NO3S. The van der Waals surface area contributed by atoms with Crippen LogP contribution in [0.25, 0.3) is 5.57 Å². The lowest BCUT2D eigenvalue weighted by Gasteiger charge is -2.28. The number of nitrogens with zero attached hydrogens (tertiary/aromatic N) is 1. The minimum Gasteiger partial charge on any atom is -0.459 e. The first-order chi connectivity index (χ1) is 19.3. The maximum absolute atomic E-state index is 13.9. The van der Waals surface area contributed by atoms with Crippen LogP contribution in [-0.2, 0) is 9.53 Å². The summed E-state index contributed by atoms with van der Waals surface area (Å²) in [6.07, 6.45) is 2.28. The zero-order valence-electron chi connectivity index (χ0n) is 23.2. The number of hydrogen-bond acceptors (Lipinski definition) is 4. The Hall–Kier alpha value is -3.13. The number of benzene rings is 3. The van der Waals surface area contributed by atoms with Gasteiger partial charge in [-0.1, -0.05) is 65.2 Å². The van der Waals surface area contributed by atoms with Crippen LogP contribution < -0.4 is 0 Å². The standard InChI is InChI=1S/C25H23Cl2F2NO3S.C7H8/c1-25(2,3)33-23(31)14-30(24(32)20-7-6-16(26)11-21(20)27)13-22-19(5-4-8-34-22)15-9-17(28)12-18(29)10-15;1-7-5-3-2-4-6-7/h4,6-12H,5,13-14H2,1-3H3;2-6H,1H3. The average molecular weight is 619 g/mol. The average Bonchev–Trinajstić information content (AvgIpc) is 2.87. The molecule has 1 aliphatic rings. The van der Waals surface area contributed by atoms with Gasteiger partial charge in [0.05, 0.1) is 17.1 Å². The predicted octanol–water partition coefficient (Wildman–Crippen LogP) is 9.11. The SMILES string of the molecule is CC(C)(C)OC(=O)CN(CC1=C(c2cc(F)cc(F)c2)CC=CS1)C(=O)c1ccc(Cl)cc1Cl.Cc1ccccc1. The van der Waals surface area contributed by atoms with Gasteiger partial charge in [0, 0.05) is 16.0 Å². The molecule has 0 N–H and O–H groups in total. The minimum atomic E-state index is -0.741. The van der Waals surface area contributed by atoms with Gasteiger partial charge in [0.15, 0.2) is 0 Å². The van der Waals surface area contributed by atoms with Crippen LogP contribution in [0, 0.1) is 18.6 Å². The summed E-state index contributed by atoms with van der Waals surface area (Å²) in [4.78, 5) is 28.0. The van der Waals surface area contributed by atoms with E-state index < -0.39 is 29.1 Å². The van der Waals surface area contributed by atoms with Gasteiger partial charge in [0.2, 0.25) is 0 Å². The van der Waals surface area contributed by atoms with Gasteiger partial charge in [-0.15, -0.1) is 11.8 Å². The van der Waals surface area contributed by atoms with Gasteiger partial charge in [-0.3, -0.25) is 9.59 Å². The molecule has 1 aliphatic heterocycles. The Bertz CT molecular complexity index is 1430. The third kappa shape index (κ3) is 10.3. The highest BCUT2D eigenvalue weighted by Gasteiger charge is 2.27. The maximum Gasteiger partial charge on any atom is 0.326 e. The van der Waals surface area contributed by atoms with Crippen LogP contribution >= 0.6 is 35.0 Å². The summed E-state index contributed by atoms with van der Waals surface area (Å²) in [5.74, 6) is -2.49. The Labute approximate surface area is 254 Å². The Balaban J connectivity index is 0.000000575. The van der Waals surface area contributed by atoms with E-state index in [4.69, 9.17) is 27.9 Å². The van der Waals surface area contributed by atoms with E-state index in [1.165, 1.54) is 52.6 Å². The quantitative estimate of drug-likeness (QED) is 0.259. The molecule has 4 rings (SSSR count). The fourth-order valence-corrected chi connectivity index (χ4v) is 5.31. The second-order valence-electron chi connectivity index (χ2n) is 10.3. The second kappa shape index (κ2) is 14.7. The van der Waals surface area contributed by atoms with Gasteiger partial charge < -0.3 is 9.64 Å². The summed E-state index contributed by atoms with van der Waals surface area (Å²) in [7, 11) is 0. The number of aryl methyl sites for hydroxylation is 1. The molecule has 0 atom stereocenters. The minimum absolute atomic E-state index is 0.0134. The number of amides is 1. The molecule has 0 saturated carbocycles. The van der Waals surface area contributed by atoms with Gasteiger partial charge in [0.25, 0.3) is 5.91 Å². The highest BCUT2D eigenvalue weighted by atomic mass is 35.5. The number of ether oxygens (including phenoxy) is 1. The zero-order chi connectivity index (χ0) is 30.2. The van der Waals surface area contributed by atoms with Crippen LogP contribution in [0.5, 0.6) is 0 Å². The summed E-state index contributed by atoms with van der Waals surface area (Å²) in [5, 5.41) is 2.34. The van der Waals surface area contributed by atoms with Crippen molar-refractivity contribution in [2.24, 2.45) is 0 Å². The van der Waals surface area contributed by atoms with Crippen molar-refractivity contribution in [1.82, 2.24) is 4.90 Å². The van der Waals surface area contributed by atoms with E-state index >= 15 is 0 Å². The number of rotatable bonds is 6. The van der Waals surface area contributed by atoms with Crippen molar-refractivity contribution in [2.45, 2.75) is 39.7 Å². The number of halogens is 4. The number of allylic oxidation sites excluding steroid dienone is 2.